The first-order valence-corrected chi connectivity index (χ1v) is 7.25. The molecular formula is C14H18ClN5O2. The predicted octanol–water partition coefficient (Wildman–Crippen LogP) is 0.557. The number of hydrogen-bond donors (Lipinski definition) is 3. The largest absolute Gasteiger partial charge is 0.355 e. The third kappa shape index (κ3) is 4.11. The molecule has 3 N–H and O–H groups in total. The van der Waals surface area contributed by atoms with Crippen LogP contribution in [-0.4, -0.2) is 49.5 Å². The van der Waals surface area contributed by atoms with Crippen LogP contribution < -0.4 is 16.0 Å². The first-order chi connectivity index (χ1) is 10.6. The summed E-state index contributed by atoms with van der Waals surface area (Å²) in [5, 5.41) is 9.33. The van der Waals surface area contributed by atoms with Gasteiger partial charge in [-0.2, -0.15) is 0 Å². The summed E-state index contributed by atoms with van der Waals surface area (Å²) in [6.07, 6.45) is 0. The minimum atomic E-state index is -0.356. The number of urea groups is 1. The summed E-state index contributed by atoms with van der Waals surface area (Å²) in [6, 6.07) is 7.18. The van der Waals surface area contributed by atoms with Crippen LogP contribution in [0.2, 0.25) is 5.02 Å². The van der Waals surface area contributed by atoms with Gasteiger partial charge in [-0.25, -0.2) is 4.79 Å². The molecule has 1 fully saturated rings. The third-order valence-corrected chi connectivity index (χ3v) is 3.56. The number of nitrogens with zero attached hydrogens (tertiary/aromatic N) is 2. The number of amides is 3. The number of imide groups is 1. The monoisotopic (exact) mass is 323 g/mol. The Hall–Kier alpha value is -2.28. The van der Waals surface area contributed by atoms with Gasteiger partial charge in [-0.05, 0) is 11.6 Å². The van der Waals surface area contributed by atoms with E-state index in [4.69, 9.17) is 11.6 Å². The molecule has 0 spiro atoms. The van der Waals surface area contributed by atoms with Gasteiger partial charge in [0.2, 0.25) is 5.91 Å². The summed E-state index contributed by atoms with van der Waals surface area (Å²) in [4.78, 5) is 28.1. The van der Waals surface area contributed by atoms with Gasteiger partial charge in [-0.15, -0.1) is 0 Å². The molecule has 1 aliphatic heterocycles. The van der Waals surface area contributed by atoms with Gasteiger partial charge in [0.15, 0.2) is 5.96 Å². The highest BCUT2D eigenvalue weighted by Crippen LogP contribution is 2.14. The Bertz CT molecular complexity index is 574. The molecule has 2 rings (SSSR count). The van der Waals surface area contributed by atoms with Crippen LogP contribution in [0.1, 0.15) is 5.56 Å². The molecule has 3 amide bonds. The van der Waals surface area contributed by atoms with Crippen LogP contribution in [0.4, 0.5) is 4.79 Å². The maximum absolute atomic E-state index is 11.4. The van der Waals surface area contributed by atoms with Gasteiger partial charge in [-0.1, -0.05) is 29.8 Å². The average Bonchev–Trinajstić information content (AvgIpc) is 2.83. The number of hydrogen-bond acceptors (Lipinski definition) is 3. The second kappa shape index (κ2) is 7.65. The zero-order valence-electron chi connectivity index (χ0n) is 12.2. The molecule has 0 aliphatic carbocycles. The first-order valence-electron chi connectivity index (χ1n) is 6.88. The predicted molar refractivity (Wildman–Crippen MR) is 84.8 cm³/mol. The molecule has 1 aliphatic rings. The van der Waals surface area contributed by atoms with Crippen LogP contribution in [0.15, 0.2) is 29.3 Å². The molecule has 7 nitrogen and oxygen atoms in total. The maximum atomic E-state index is 11.4. The highest BCUT2D eigenvalue weighted by atomic mass is 35.5. The average molecular weight is 324 g/mol. The molecule has 8 heteroatoms. The lowest BCUT2D eigenvalue weighted by atomic mass is 10.2. The number of benzene rings is 1. The van der Waals surface area contributed by atoms with Crippen LogP contribution in [0.3, 0.4) is 0 Å². The minimum absolute atomic E-state index is 0.0678. The van der Waals surface area contributed by atoms with Crippen molar-refractivity contribution in [3.8, 4) is 0 Å². The number of rotatable bonds is 5. The quantitative estimate of drug-likeness (QED) is 0.420. The van der Waals surface area contributed by atoms with Crippen molar-refractivity contribution in [2.75, 3.05) is 26.7 Å². The zero-order chi connectivity index (χ0) is 15.9. The van der Waals surface area contributed by atoms with E-state index in [0.717, 1.165) is 5.56 Å². The number of carbonyl (C=O) groups is 2. The van der Waals surface area contributed by atoms with Gasteiger partial charge >= 0.3 is 6.03 Å². The van der Waals surface area contributed by atoms with E-state index in [1.54, 1.807) is 7.05 Å². The minimum Gasteiger partial charge on any atom is -0.355 e. The Morgan fingerprint density at radius 1 is 1.36 bits per heavy atom. The molecule has 22 heavy (non-hydrogen) atoms. The molecule has 0 aromatic heterocycles. The Morgan fingerprint density at radius 3 is 2.77 bits per heavy atom. The van der Waals surface area contributed by atoms with E-state index >= 15 is 0 Å². The second-order valence-corrected chi connectivity index (χ2v) is 5.06. The summed E-state index contributed by atoms with van der Waals surface area (Å²) in [5.74, 6) is 0.359. The van der Waals surface area contributed by atoms with Crippen LogP contribution in [0, 0.1) is 0 Å². The summed E-state index contributed by atoms with van der Waals surface area (Å²) in [5.41, 5.74) is 0.959. The van der Waals surface area contributed by atoms with Gasteiger partial charge in [0.25, 0.3) is 0 Å². The van der Waals surface area contributed by atoms with Gasteiger partial charge in [0, 0.05) is 31.7 Å². The molecule has 1 aromatic rings. The van der Waals surface area contributed by atoms with Crippen molar-refractivity contribution in [1.82, 2.24) is 20.9 Å². The summed E-state index contributed by atoms with van der Waals surface area (Å²) in [6.45, 7) is 1.31. The summed E-state index contributed by atoms with van der Waals surface area (Å²) < 4.78 is 0. The van der Waals surface area contributed by atoms with E-state index in [2.05, 4.69) is 20.9 Å². The van der Waals surface area contributed by atoms with E-state index in [9.17, 15) is 9.59 Å². The summed E-state index contributed by atoms with van der Waals surface area (Å²) in [7, 11) is 1.65. The third-order valence-electron chi connectivity index (χ3n) is 3.19. The lowest BCUT2D eigenvalue weighted by molar-refractivity contribution is -0.124. The zero-order valence-corrected chi connectivity index (χ0v) is 13.0. The molecule has 0 unspecified atom stereocenters. The normalized spacial score (nSPS) is 15.0. The van der Waals surface area contributed by atoms with Crippen molar-refractivity contribution in [2.24, 2.45) is 4.99 Å². The maximum Gasteiger partial charge on any atom is 0.324 e. The van der Waals surface area contributed by atoms with Gasteiger partial charge < -0.3 is 16.0 Å². The van der Waals surface area contributed by atoms with Gasteiger partial charge in [0.1, 0.15) is 0 Å². The molecule has 1 heterocycles. The molecule has 0 atom stereocenters. The van der Waals surface area contributed by atoms with Crippen LogP contribution in [0.5, 0.6) is 0 Å². The fraction of sp³-hybridized carbons (Fsp3) is 0.357. The van der Waals surface area contributed by atoms with Crippen LogP contribution in [-0.2, 0) is 11.3 Å². The fourth-order valence-electron chi connectivity index (χ4n) is 2.01. The second-order valence-electron chi connectivity index (χ2n) is 4.65. The molecule has 0 radical (unpaired) electrons. The topological polar surface area (TPSA) is 85.8 Å². The van der Waals surface area contributed by atoms with Crippen molar-refractivity contribution in [3.63, 3.8) is 0 Å². The van der Waals surface area contributed by atoms with E-state index in [1.807, 2.05) is 24.3 Å². The highest BCUT2D eigenvalue weighted by molar-refractivity contribution is 6.31. The van der Waals surface area contributed by atoms with E-state index in [0.29, 0.717) is 24.1 Å². The fourth-order valence-corrected chi connectivity index (χ4v) is 2.21. The highest BCUT2D eigenvalue weighted by Gasteiger charge is 2.27. The van der Waals surface area contributed by atoms with Crippen molar-refractivity contribution < 1.29 is 9.59 Å². The Balaban J connectivity index is 1.77. The SMILES string of the molecule is CN=C(NCCN1C(=O)CNC1=O)NCc1ccccc1Cl. The number of guanidine groups is 1. The molecular weight excluding hydrogens is 306 g/mol. The molecule has 0 saturated carbocycles. The Morgan fingerprint density at radius 2 is 2.14 bits per heavy atom. The number of nitrogens with one attached hydrogen (secondary N) is 3. The lowest BCUT2D eigenvalue weighted by Gasteiger charge is -2.15. The Kier molecular flexibility index (Phi) is 5.60. The lowest BCUT2D eigenvalue weighted by Crippen LogP contribution is -2.43. The van der Waals surface area contributed by atoms with Crippen LogP contribution in [0.25, 0.3) is 0 Å². The molecule has 1 aromatic carbocycles. The van der Waals surface area contributed by atoms with Crippen molar-refractivity contribution >= 4 is 29.5 Å². The van der Waals surface area contributed by atoms with E-state index < -0.39 is 0 Å². The molecule has 0 bridgehead atoms. The first kappa shape index (κ1) is 16.1. The number of carbonyl (C=O) groups excluding carboxylic acids is 2. The van der Waals surface area contributed by atoms with Crippen LogP contribution >= 0.6 is 11.6 Å². The number of aliphatic imine (C=N–C) groups is 1. The van der Waals surface area contributed by atoms with E-state index in [1.165, 1.54) is 4.90 Å². The molecule has 118 valence electrons. The summed E-state index contributed by atoms with van der Waals surface area (Å²) >= 11 is 6.08. The Labute approximate surface area is 133 Å². The smallest absolute Gasteiger partial charge is 0.324 e. The van der Waals surface area contributed by atoms with Gasteiger partial charge in [0.05, 0.1) is 6.54 Å². The number of halogens is 1. The van der Waals surface area contributed by atoms with Gasteiger partial charge in [-0.3, -0.25) is 14.7 Å². The standard InChI is InChI=1S/C14H18ClN5O2/c1-16-13(18-8-10-4-2-3-5-11(10)15)17-6-7-20-12(21)9-19-14(20)22/h2-5H,6-9H2,1H3,(H,19,22)(H2,16,17,18). The molecule has 1 saturated heterocycles. The van der Waals surface area contributed by atoms with Crippen molar-refractivity contribution in [1.29, 1.82) is 0 Å². The van der Waals surface area contributed by atoms with E-state index in [-0.39, 0.29) is 25.0 Å². The van der Waals surface area contributed by atoms with Crippen molar-refractivity contribution in [3.05, 3.63) is 34.9 Å². The van der Waals surface area contributed by atoms with Crippen molar-refractivity contribution in [2.45, 2.75) is 6.54 Å².